The highest BCUT2D eigenvalue weighted by molar-refractivity contribution is 7.89. The van der Waals surface area contributed by atoms with Gasteiger partial charge in [0.05, 0.1) is 23.3 Å². The van der Waals surface area contributed by atoms with Gasteiger partial charge in [-0.25, -0.2) is 0 Å². The van der Waals surface area contributed by atoms with E-state index in [0.29, 0.717) is 0 Å². The molecular weight excluding hydrogens is 464 g/mol. The zero-order valence-corrected chi connectivity index (χ0v) is 19.9. The Morgan fingerprint density at radius 3 is 1.12 bits per heavy atom. The van der Waals surface area contributed by atoms with Gasteiger partial charge >= 0.3 is 0 Å². The predicted molar refractivity (Wildman–Crippen MR) is 112 cm³/mol. The minimum Gasteiger partial charge on any atom is -0.300 e. The van der Waals surface area contributed by atoms with E-state index in [1.807, 2.05) is 0 Å². The summed E-state index contributed by atoms with van der Waals surface area (Å²) in [6, 6.07) is 0. The van der Waals surface area contributed by atoms with Crippen molar-refractivity contribution in [3.8, 4) is 0 Å². The smallest absolute Gasteiger partial charge is 0.297 e. The van der Waals surface area contributed by atoms with Crippen LogP contribution in [-0.2, 0) is 48.1 Å². The molecule has 0 atom stereocenters. The molecule has 0 amide bonds. The molecule has 0 aliphatic heterocycles. The lowest BCUT2D eigenvalue weighted by molar-refractivity contribution is -0.130. The summed E-state index contributed by atoms with van der Waals surface area (Å²) in [6.45, 7) is 2.63. The second-order valence-corrected chi connectivity index (χ2v) is 12.3. The normalized spacial score (nSPS) is 26.9. The molecule has 182 valence electrons. The Balaban J connectivity index is 1.84. The van der Waals surface area contributed by atoms with Gasteiger partial charge in [0.15, 0.2) is 0 Å². The van der Waals surface area contributed by atoms with E-state index in [0.717, 1.165) is 0 Å². The van der Waals surface area contributed by atoms with Gasteiger partial charge in [-0.2, -0.15) is 16.8 Å². The molecule has 2 aliphatic rings. The third-order valence-corrected chi connectivity index (χ3v) is 9.32. The van der Waals surface area contributed by atoms with E-state index in [4.69, 9.17) is 0 Å². The first kappa shape index (κ1) is 26.7. The molecule has 0 aromatic rings. The van der Waals surface area contributed by atoms with Gasteiger partial charge in [-0.3, -0.25) is 19.2 Å². The van der Waals surface area contributed by atoms with Crippen molar-refractivity contribution in [1.29, 1.82) is 0 Å². The van der Waals surface area contributed by atoms with E-state index in [-0.39, 0.29) is 87.3 Å². The average Bonchev–Trinajstić information content (AvgIpc) is 2.72. The molecule has 0 bridgehead atoms. The minimum absolute atomic E-state index is 0.101. The van der Waals surface area contributed by atoms with E-state index in [1.165, 1.54) is 13.8 Å². The number of carbonyl (C=O) groups is 4. The number of hydrogen-bond donors (Lipinski definition) is 0. The molecular formula is C20H30O10S2. The van der Waals surface area contributed by atoms with Crippen LogP contribution in [0.15, 0.2) is 0 Å². The highest BCUT2D eigenvalue weighted by Crippen LogP contribution is 2.33. The summed E-state index contributed by atoms with van der Waals surface area (Å²) in [6.07, 6.45) is 1.12. The largest absolute Gasteiger partial charge is 0.300 e. The van der Waals surface area contributed by atoms with E-state index in [9.17, 15) is 36.0 Å². The molecule has 12 heteroatoms. The molecule has 2 saturated carbocycles. The summed E-state index contributed by atoms with van der Waals surface area (Å²) in [4.78, 5) is 46.1. The van der Waals surface area contributed by atoms with Crippen LogP contribution >= 0.6 is 0 Å². The third-order valence-electron chi connectivity index (χ3n) is 6.14. The molecule has 2 rings (SSSR count). The summed E-state index contributed by atoms with van der Waals surface area (Å²) in [5.41, 5.74) is 0. The zero-order valence-electron chi connectivity index (χ0n) is 18.3. The fraction of sp³-hybridized carbons (Fsp3) is 0.800. The molecule has 0 aromatic carbocycles. The van der Waals surface area contributed by atoms with E-state index in [2.05, 4.69) is 8.67 Å². The molecule has 2 fully saturated rings. The maximum Gasteiger partial charge on any atom is 0.297 e. The zero-order chi connectivity index (χ0) is 24.1. The molecule has 0 spiro atoms. The van der Waals surface area contributed by atoms with Crippen LogP contribution in [-0.4, -0.2) is 50.5 Å². The second-order valence-electron chi connectivity index (χ2n) is 8.76. The van der Waals surface area contributed by atoms with Crippen LogP contribution in [0.5, 0.6) is 0 Å². The van der Waals surface area contributed by atoms with Gasteiger partial charge in [-0.15, -0.1) is 0 Å². The predicted octanol–water partition coefficient (Wildman–Crippen LogP) is 1.81. The molecule has 0 N–H and O–H groups in total. The molecule has 0 heterocycles. The molecule has 0 aromatic heterocycles. The van der Waals surface area contributed by atoms with Crippen molar-refractivity contribution in [3.63, 3.8) is 0 Å². The Kier molecular flexibility index (Phi) is 9.26. The Morgan fingerprint density at radius 2 is 0.875 bits per heavy atom. The standard InChI is InChI=1S/C20H30O10S2/c1-13(21)11-19(23)15-3-7-17(8-4-15)31(25,26)29-30-32(27,28)18-9-5-16(6-10-18)20(24)12-14(2)22/h15-18H,3-12H2,1-2H3. The van der Waals surface area contributed by atoms with Crippen molar-refractivity contribution in [1.82, 2.24) is 0 Å². The van der Waals surface area contributed by atoms with Crippen LogP contribution < -0.4 is 0 Å². The maximum atomic E-state index is 12.4. The summed E-state index contributed by atoms with van der Waals surface area (Å²) in [5.74, 6) is -1.71. The topological polar surface area (TPSA) is 155 Å². The summed E-state index contributed by atoms with van der Waals surface area (Å²) >= 11 is 0. The van der Waals surface area contributed by atoms with Gasteiger partial charge in [0.2, 0.25) is 0 Å². The number of carbonyl (C=O) groups excluding carboxylic acids is 4. The van der Waals surface area contributed by atoms with Crippen molar-refractivity contribution in [2.75, 3.05) is 0 Å². The lowest BCUT2D eigenvalue weighted by Gasteiger charge is -2.27. The lowest BCUT2D eigenvalue weighted by atomic mass is 9.84. The van der Waals surface area contributed by atoms with Gasteiger partial charge in [-0.1, -0.05) is 8.67 Å². The van der Waals surface area contributed by atoms with Crippen LogP contribution in [0.3, 0.4) is 0 Å². The SMILES string of the molecule is CC(=O)CC(=O)C1CCC(S(=O)(=O)OOS(=O)(=O)C2CCC(C(=O)CC(C)=O)CC2)CC1. The Morgan fingerprint density at radius 1 is 0.594 bits per heavy atom. The fourth-order valence-corrected chi connectivity index (χ4v) is 6.86. The van der Waals surface area contributed by atoms with Crippen LogP contribution in [0.1, 0.15) is 78.1 Å². The molecule has 2 aliphatic carbocycles. The second kappa shape index (κ2) is 11.1. The molecule has 0 radical (unpaired) electrons. The van der Waals surface area contributed by atoms with Crippen LogP contribution in [0.25, 0.3) is 0 Å². The molecule has 0 saturated heterocycles. The van der Waals surface area contributed by atoms with E-state index >= 15 is 0 Å². The minimum atomic E-state index is -4.34. The first-order valence-electron chi connectivity index (χ1n) is 10.7. The Labute approximate surface area is 188 Å². The summed E-state index contributed by atoms with van der Waals surface area (Å²) in [7, 11) is -8.67. The monoisotopic (exact) mass is 494 g/mol. The van der Waals surface area contributed by atoms with Crippen molar-refractivity contribution in [2.24, 2.45) is 11.8 Å². The lowest BCUT2D eigenvalue weighted by Crippen LogP contribution is -2.34. The highest BCUT2D eigenvalue weighted by Gasteiger charge is 2.39. The molecule has 32 heavy (non-hydrogen) atoms. The first-order chi connectivity index (χ1) is 14.8. The molecule has 0 unspecified atom stereocenters. The number of hydrogen-bond acceptors (Lipinski definition) is 10. The van der Waals surface area contributed by atoms with Gasteiger partial charge in [-0.05, 0) is 65.2 Å². The van der Waals surface area contributed by atoms with E-state index in [1.54, 1.807) is 0 Å². The highest BCUT2D eigenvalue weighted by atomic mass is 32.2. The summed E-state index contributed by atoms with van der Waals surface area (Å²) in [5, 5.41) is -2.00. The van der Waals surface area contributed by atoms with Gasteiger partial charge in [0, 0.05) is 11.8 Å². The van der Waals surface area contributed by atoms with Crippen molar-refractivity contribution < 1.29 is 44.7 Å². The fourth-order valence-electron chi connectivity index (χ4n) is 4.31. The van der Waals surface area contributed by atoms with Crippen molar-refractivity contribution in [3.05, 3.63) is 0 Å². The van der Waals surface area contributed by atoms with Gasteiger partial charge in [0.25, 0.3) is 20.2 Å². The third kappa shape index (κ3) is 7.53. The van der Waals surface area contributed by atoms with Crippen molar-refractivity contribution >= 4 is 43.4 Å². The van der Waals surface area contributed by atoms with Crippen molar-refractivity contribution in [2.45, 2.75) is 88.6 Å². The molecule has 10 nitrogen and oxygen atoms in total. The number of Topliss-reactive ketones (excluding diaryl/α,β-unsaturated/α-hetero) is 4. The van der Waals surface area contributed by atoms with Gasteiger partial charge in [0.1, 0.15) is 23.1 Å². The Bertz CT molecular complexity index is 857. The quantitative estimate of drug-likeness (QED) is 0.236. The van der Waals surface area contributed by atoms with Crippen LogP contribution in [0, 0.1) is 11.8 Å². The van der Waals surface area contributed by atoms with E-state index < -0.39 is 42.6 Å². The maximum absolute atomic E-state index is 12.4. The number of rotatable bonds is 11. The van der Waals surface area contributed by atoms with Gasteiger partial charge < -0.3 is 0 Å². The average molecular weight is 495 g/mol. The number of ketones is 4. The van der Waals surface area contributed by atoms with Crippen LogP contribution in [0.4, 0.5) is 0 Å². The Hall–Kier alpha value is -1.50. The first-order valence-corrected chi connectivity index (χ1v) is 13.7. The summed E-state index contributed by atoms with van der Waals surface area (Å²) < 4.78 is 58.4. The van der Waals surface area contributed by atoms with Crippen LogP contribution in [0.2, 0.25) is 0 Å².